The van der Waals surface area contributed by atoms with E-state index in [0.29, 0.717) is 16.9 Å². The third-order valence-electron chi connectivity index (χ3n) is 4.05. The molecule has 19 heavy (non-hydrogen) atoms. The lowest BCUT2D eigenvalue weighted by atomic mass is 9.98. The van der Waals surface area contributed by atoms with Crippen LogP contribution in [0, 0.1) is 5.82 Å². The maximum Gasteiger partial charge on any atom is 0.257 e. The summed E-state index contributed by atoms with van der Waals surface area (Å²) in [6.07, 6.45) is -0.419. The fraction of sp³-hybridized carbons (Fsp3) is 0.500. The number of rotatable bonds is 3. The van der Waals surface area contributed by atoms with Crippen LogP contribution in [0.25, 0.3) is 0 Å². The van der Waals surface area contributed by atoms with Crippen molar-refractivity contribution in [1.82, 2.24) is 0 Å². The molecule has 104 valence electrons. The van der Waals surface area contributed by atoms with E-state index in [0.717, 1.165) is 6.42 Å². The second-order valence-corrected chi connectivity index (χ2v) is 5.51. The van der Waals surface area contributed by atoms with Crippen molar-refractivity contribution in [3.8, 4) is 0 Å². The molecule has 0 aromatic heterocycles. The Kier molecular flexibility index (Phi) is 3.26. The van der Waals surface area contributed by atoms with Crippen LogP contribution in [0.5, 0.6) is 0 Å². The highest BCUT2D eigenvalue weighted by Crippen LogP contribution is 2.37. The molecular weight excluding hydrogens is 247 g/mol. The number of benzene rings is 1. The van der Waals surface area contributed by atoms with E-state index in [1.54, 1.807) is 6.07 Å². The van der Waals surface area contributed by atoms with Gasteiger partial charge in [0.25, 0.3) is 5.91 Å². The van der Waals surface area contributed by atoms with Gasteiger partial charge in [0, 0.05) is 23.8 Å². The molecule has 0 saturated carbocycles. The molecule has 2 rings (SSSR count). The van der Waals surface area contributed by atoms with Gasteiger partial charge in [-0.2, -0.15) is 0 Å². The molecule has 5 heteroatoms. The van der Waals surface area contributed by atoms with Crippen molar-refractivity contribution in [3.05, 3.63) is 23.5 Å². The maximum absolute atomic E-state index is 14.2. The predicted molar refractivity (Wildman–Crippen MR) is 72.8 cm³/mol. The summed E-state index contributed by atoms with van der Waals surface area (Å²) >= 11 is 0. The van der Waals surface area contributed by atoms with Gasteiger partial charge in [-0.15, -0.1) is 0 Å². The largest absolute Gasteiger partial charge is 0.378 e. The average molecular weight is 266 g/mol. The van der Waals surface area contributed by atoms with E-state index in [1.165, 1.54) is 6.07 Å². The number of hydrogen-bond acceptors (Lipinski definition) is 3. The standard InChI is InChI=1S/C14H19FN2O2/c1-5-14(2,3)17(4)11-7-10-8(6-9(11)15)12(18)13(19)16-10/h6-7,12,18H,5H2,1-4H3,(H,16,19). The Morgan fingerprint density at radius 1 is 1.47 bits per heavy atom. The molecule has 1 aliphatic heterocycles. The van der Waals surface area contributed by atoms with E-state index >= 15 is 0 Å². The first-order valence-electron chi connectivity index (χ1n) is 6.34. The van der Waals surface area contributed by atoms with Crippen LogP contribution in [0.4, 0.5) is 15.8 Å². The van der Waals surface area contributed by atoms with Gasteiger partial charge in [-0.05, 0) is 32.4 Å². The fourth-order valence-electron chi connectivity index (χ4n) is 2.07. The number of hydrogen-bond donors (Lipinski definition) is 2. The molecule has 1 unspecified atom stereocenters. The molecule has 0 fully saturated rings. The van der Waals surface area contributed by atoms with Crippen LogP contribution in [-0.4, -0.2) is 23.6 Å². The lowest BCUT2D eigenvalue weighted by molar-refractivity contribution is -0.123. The number of amides is 1. The number of anilines is 2. The molecule has 1 heterocycles. The number of aliphatic hydroxyl groups is 1. The minimum absolute atomic E-state index is 0.198. The first kappa shape index (κ1) is 13.8. The summed E-state index contributed by atoms with van der Waals surface area (Å²) in [6, 6.07) is 2.81. The summed E-state index contributed by atoms with van der Waals surface area (Å²) in [4.78, 5) is 13.2. The molecule has 0 aliphatic carbocycles. The molecule has 0 bridgehead atoms. The SMILES string of the molecule is CCC(C)(C)N(C)c1cc2c(cc1F)C(O)C(=O)N2. The lowest BCUT2D eigenvalue weighted by Gasteiger charge is -2.37. The van der Waals surface area contributed by atoms with Crippen LogP contribution in [0.1, 0.15) is 38.9 Å². The van der Waals surface area contributed by atoms with E-state index < -0.39 is 17.8 Å². The Morgan fingerprint density at radius 2 is 2.11 bits per heavy atom. The number of fused-ring (bicyclic) bond motifs is 1. The third kappa shape index (κ3) is 2.18. The van der Waals surface area contributed by atoms with Crippen LogP contribution in [-0.2, 0) is 4.79 Å². The van der Waals surface area contributed by atoms with Gasteiger partial charge in [0.05, 0.1) is 5.69 Å². The van der Waals surface area contributed by atoms with E-state index in [9.17, 15) is 14.3 Å². The van der Waals surface area contributed by atoms with Crippen molar-refractivity contribution in [2.75, 3.05) is 17.3 Å². The van der Waals surface area contributed by atoms with Gasteiger partial charge in [-0.25, -0.2) is 4.39 Å². The van der Waals surface area contributed by atoms with Gasteiger partial charge in [0.1, 0.15) is 5.82 Å². The number of halogens is 1. The van der Waals surface area contributed by atoms with Crippen molar-refractivity contribution in [2.45, 2.75) is 38.8 Å². The summed E-state index contributed by atoms with van der Waals surface area (Å²) in [5.74, 6) is -0.942. The Balaban J connectivity index is 2.46. The van der Waals surface area contributed by atoms with Crippen LogP contribution in [0.2, 0.25) is 0 Å². The van der Waals surface area contributed by atoms with Crippen LogP contribution < -0.4 is 10.2 Å². The monoisotopic (exact) mass is 266 g/mol. The minimum Gasteiger partial charge on any atom is -0.378 e. The van der Waals surface area contributed by atoms with Crippen LogP contribution in [0.3, 0.4) is 0 Å². The number of carbonyl (C=O) groups excluding carboxylic acids is 1. The van der Waals surface area contributed by atoms with Crippen molar-refractivity contribution in [1.29, 1.82) is 0 Å². The minimum atomic E-state index is -1.27. The van der Waals surface area contributed by atoms with Crippen molar-refractivity contribution in [3.63, 3.8) is 0 Å². The highest BCUT2D eigenvalue weighted by atomic mass is 19.1. The quantitative estimate of drug-likeness (QED) is 0.883. The van der Waals surface area contributed by atoms with Gasteiger partial charge in [0.15, 0.2) is 6.10 Å². The summed E-state index contributed by atoms with van der Waals surface area (Å²) in [6.45, 7) is 6.08. The van der Waals surface area contributed by atoms with E-state index in [1.807, 2.05) is 32.7 Å². The molecule has 2 N–H and O–H groups in total. The zero-order chi connectivity index (χ0) is 14.4. The average Bonchev–Trinajstić information content (AvgIpc) is 2.64. The molecule has 1 atom stereocenters. The molecule has 1 aliphatic rings. The molecule has 0 saturated heterocycles. The Labute approximate surface area is 112 Å². The zero-order valence-corrected chi connectivity index (χ0v) is 11.6. The van der Waals surface area contributed by atoms with Crippen molar-refractivity contribution < 1.29 is 14.3 Å². The second-order valence-electron chi connectivity index (χ2n) is 5.51. The smallest absolute Gasteiger partial charge is 0.257 e. The topological polar surface area (TPSA) is 52.6 Å². The zero-order valence-electron chi connectivity index (χ0n) is 11.6. The summed E-state index contributed by atoms with van der Waals surface area (Å²) in [7, 11) is 1.82. The van der Waals surface area contributed by atoms with Crippen molar-refractivity contribution >= 4 is 17.3 Å². The Hall–Kier alpha value is -1.62. The maximum atomic E-state index is 14.2. The van der Waals surface area contributed by atoms with Gasteiger partial charge >= 0.3 is 0 Å². The second kappa shape index (κ2) is 4.49. The number of aliphatic hydroxyl groups excluding tert-OH is 1. The molecule has 4 nitrogen and oxygen atoms in total. The first-order valence-corrected chi connectivity index (χ1v) is 6.34. The number of nitrogens with one attached hydrogen (secondary N) is 1. The van der Waals surface area contributed by atoms with E-state index in [4.69, 9.17) is 0 Å². The molecule has 1 aromatic carbocycles. The Morgan fingerprint density at radius 3 is 2.68 bits per heavy atom. The summed E-state index contributed by atoms with van der Waals surface area (Å²) < 4.78 is 14.2. The highest BCUT2D eigenvalue weighted by molar-refractivity contribution is 6.02. The summed E-state index contributed by atoms with van der Waals surface area (Å²) in [5, 5.41) is 12.2. The molecule has 0 radical (unpaired) electrons. The molecule has 1 amide bonds. The Bertz CT molecular complexity index is 528. The molecule has 0 spiro atoms. The van der Waals surface area contributed by atoms with Gasteiger partial charge in [-0.1, -0.05) is 6.92 Å². The van der Waals surface area contributed by atoms with E-state index in [2.05, 4.69) is 5.32 Å². The third-order valence-corrected chi connectivity index (χ3v) is 4.05. The first-order chi connectivity index (χ1) is 8.77. The predicted octanol–water partition coefficient (Wildman–Crippen LogP) is 2.44. The number of nitrogens with zero attached hydrogens (tertiary/aromatic N) is 1. The summed E-state index contributed by atoms with van der Waals surface area (Å²) in [5.41, 5.74) is 0.998. The van der Waals surface area contributed by atoms with Gasteiger partial charge < -0.3 is 15.3 Å². The van der Waals surface area contributed by atoms with Crippen LogP contribution >= 0.6 is 0 Å². The highest BCUT2D eigenvalue weighted by Gasteiger charge is 2.32. The van der Waals surface area contributed by atoms with Crippen LogP contribution in [0.15, 0.2) is 12.1 Å². The normalized spacial score (nSPS) is 18.2. The van der Waals surface area contributed by atoms with Crippen molar-refractivity contribution in [2.24, 2.45) is 0 Å². The van der Waals surface area contributed by atoms with Gasteiger partial charge in [0.2, 0.25) is 0 Å². The lowest BCUT2D eigenvalue weighted by Crippen LogP contribution is -2.41. The molecular formula is C14H19FN2O2. The van der Waals surface area contributed by atoms with E-state index in [-0.39, 0.29) is 5.54 Å². The van der Waals surface area contributed by atoms with Gasteiger partial charge in [-0.3, -0.25) is 4.79 Å². The fourth-order valence-corrected chi connectivity index (χ4v) is 2.07. The molecule has 1 aromatic rings. The number of carbonyl (C=O) groups is 1.